The number of aliphatic hydroxyl groups excluding tert-OH is 1. The Morgan fingerprint density at radius 1 is 1.30 bits per heavy atom. The number of carboxylic acid groups (broad SMARTS) is 1. The molecule has 0 radical (unpaired) electrons. The highest BCUT2D eigenvalue weighted by Gasteiger charge is 2.42. The monoisotopic (exact) mass is 276 g/mol. The molecule has 3 N–H and O–H groups in total. The molecular formula is C14H16N2O4. The van der Waals surface area contributed by atoms with Crippen LogP contribution < -0.4 is 5.32 Å². The lowest BCUT2D eigenvalue weighted by Crippen LogP contribution is -2.47. The average molecular weight is 276 g/mol. The Morgan fingerprint density at radius 2 is 2.05 bits per heavy atom. The molecular weight excluding hydrogens is 260 g/mol. The first kappa shape index (κ1) is 12.9. The zero-order valence-electron chi connectivity index (χ0n) is 10.8. The number of para-hydroxylation sites is 1. The summed E-state index contributed by atoms with van der Waals surface area (Å²) in [5, 5.41) is 21.9. The normalized spacial score (nSPS) is 28.1. The third-order valence-electron chi connectivity index (χ3n) is 3.92. The number of likely N-dealkylation sites (tertiary alicyclic amines) is 1. The SMILES string of the molecule is O=C(O)[C@@H]1CC(O)CN1C(=O)C1Cc2ccccc2N1. The number of fused-ring (bicyclic) bond motifs is 1. The molecule has 1 saturated heterocycles. The van der Waals surface area contributed by atoms with Crippen molar-refractivity contribution in [2.24, 2.45) is 0 Å². The van der Waals surface area contributed by atoms with Gasteiger partial charge in [0.15, 0.2) is 0 Å². The molecule has 3 atom stereocenters. The van der Waals surface area contributed by atoms with Gasteiger partial charge in [-0.3, -0.25) is 4.79 Å². The van der Waals surface area contributed by atoms with Crippen molar-refractivity contribution in [2.75, 3.05) is 11.9 Å². The van der Waals surface area contributed by atoms with Crippen molar-refractivity contribution in [3.8, 4) is 0 Å². The molecule has 2 heterocycles. The summed E-state index contributed by atoms with van der Waals surface area (Å²) in [4.78, 5) is 24.9. The van der Waals surface area contributed by atoms with Crippen LogP contribution in [0, 0.1) is 0 Å². The lowest BCUT2D eigenvalue weighted by molar-refractivity contribution is -0.148. The van der Waals surface area contributed by atoms with E-state index in [9.17, 15) is 14.7 Å². The van der Waals surface area contributed by atoms with E-state index >= 15 is 0 Å². The minimum Gasteiger partial charge on any atom is -0.480 e. The van der Waals surface area contributed by atoms with E-state index in [1.165, 1.54) is 4.90 Å². The standard InChI is InChI=1S/C14H16N2O4/c17-9-6-12(14(19)20)16(7-9)13(18)11-5-8-3-1-2-4-10(8)15-11/h1-4,9,11-12,15,17H,5-7H2,(H,19,20)/t9?,11?,12-/m0/s1. The van der Waals surface area contributed by atoms with Gasteiger partial charge in [0.25, 0.3) is 0 Å². The van der Waals surface area contributed by atoms with E-state index < -0.39 is 24.2 Å². The summed E-state index contributed by atoms with van der Waals surface area (Å²) in [6.45, 7) is 0.0876. The minimum absolute atomic E-state index is 0.0876. The fourth-order valence-corrected chi connectivity index (χ4v) is 2.94. The number of β-amino-alcohol motifs (C(OH)–C–C–N with tert-alkyl or cyclic N) is 1. The highest BCUT2D eigenvalue weighted by Crippen LogP contribution is 2.28. The van der Waals surface area contributed by atoms with Crippen molar-refractivity contribution in [1.82, 2.24) is 4.90 Å². The molecule has 0 saturated carbocycles. The number of benzene rings is 1. The van der Waals surface area contributed by atoms with Crippen molar-refractivity contribution in [2.45, 2.75) is 31.0 Å². The van der Waals surface area contributed by atoms with Crippen molar-refractivity contribution >= 4 is 17.6 Å². The molecule has 1 amide bonds. The van der Waals surface area contributed by atoms with Crippen molar-refractivity contribution < 1.29 is 19.8 Å². The molecule has 1 aromatic carbocycles. The number of nitrogens with one attached hydrogen (secondary N) is 1. The van der Waals surface area contributed by atoms with E-state index in [0.29, 0.717) is 6.42 Å². The van der Waals surface area contributed by atoms with Crippen molar-refractivity contribution in [3.63, 3.8) is 0 Å². The van der Waals surface area contributed by atoms with Crippen LogP contribution in [0.15, 0.2) is 24.3 Å². The molecule has 20 heavy (non-hydrogen) atoms. The summed E-state index contributed by atoms with van der Waals surface area (Å²) < 4.78 is 0. The van der Waals surface area contributed by atoms with Gasteiger partial charge in [0.1, 0.15) is 12.1 Å². The number of carbonyl (C=O) groups excluding carboxylic acids is 1. The Kier molecular flexibility index (Phi) is 3.10. The zero-order chi connectivity index (χ0) is 14.3. The Balaban J connectivity index is 1.76. The van der Waals surface area contributed by atoms with Crippen LogP contribution in [0.5, 0.6) is 0 Å². The molecule has 2 aliphatic rings. The fraction of sp³-hybridized carbons (Fsp3) is 0.429. The number of anilines is 1. The predicted octanol–water partition coefficient (Wildman–Crippen LogP) is 0.0696. The van der Waals surface area contributed by atoms with Crippen LogP contribution >= 0.6 is 0 Å². The van der Waals surface area contributed by atoms with Crippen molar-refractivity contribution in [1.29, 1.82) is 0 Å². The van der Waals surface area contributed by atoms with E-state index in [4.69, 9.17) is 5.11 Å². The lowest BCUT2D eigenvalue weighted by atomic mass is 10.1. The largest absolute Gasteiger partial charge is 0.480 e. The molecule has 1 aromatic rings. The van der Waals surface area contributed by atoms with Gasteiger partial charge in [-0.25, -0.2) is 4.79 Å². The van der Waals surface area contributed by atoms with Crippen LogP contribution in [0.3, 0.4) is 0 Å². The van der Waals surface area contributed by atoms with Crippen LogP contribution in [-0.2, 0) is 16.0 Å². The Hall–Kier alpha value is -2.08. The maximum Gasteiger partial charge on any atom is 0.326 e. The first-order chi connectivity index (χ1) is 9.56. The van der Waals surface area contributed by atoms with Crippen LogP contribution in [0.2, 0.25) is 0 Å². The number of nitrogens with zero attached hydrogens (tertiary/aromatic N) is 1. The molecule has 1 fully saturated rings. The molecule has 2 aliphatic heterocycles. The third kappa shape index (κ3) is 2.12. The van der Waals surface area contributed by atoms with Gasteiger partial charge in [0, 0.05) is 25.1 Å². The summed E-state index contributed by atoms with van der Waals surface area (Å²) in [6, 6.07) is 6.27. The summed E-state index contributed by atoms with van der Waals surface area (Å²) >= 11 is 0. The Bertz CT molecular complexity index is 535. The highest BCUT2D eigenvalue weighted by atomic mass is 16.4. The topological polar surface area (TPSA) is 89.9 Å². The summed E-state index contributed by atoms with van der Waals surface area (Å²) in [7, 11) is 0. The number of carboxylic acids is 1. The van der Waals surface area contributed by atoms with Crippen LogP contribution in [0.4, 0.5) is 5.69 Å². The van der Waals surface area contributed by atoms with Gasteiger partial charge in [-0.05, 0) is 11.6 Å². The van der Waals surface area contributed by atoms with E-state index in [0.717, 1.165) is 11.3 Å². The van der Waals surface area contributed by atoms with E-state index in [1.54, 1.807) is 0 Å². The van der Waals surface area contributed by atoms with Gasteiger partial charge >= 0.3 is 5.97 Å². The van der Waals surface area contributed by atoms with Crippen molar-refractivity contribution in [3.05, 3.63) is 29.8 Å². The number of aliphatic hydroxyl groups is 1. The first-order valence-electron chi connectivity index (χ1n) is 6.62. The van der Waals surface area contributed by atoms with Gasteiger partial charge in [-0.15, -0.1) is 0 Å². The molecule has 0 aromatic heterocycles. The number of rotatable bonds is 2. The maximum atomic E-state index is 12.5. The predicted molar refractivity (Wildman–Crippen MR) is 71.3 cm³/mol. The highest BCUT2D eigenvalue weighted by molar-refractivity contribution is 5.91. The van der Waals surface area contributed by atoms with Crippen LogP contribution in [-0.4, -0.2) is 51.7 Å². The molecule has 2 unspecified atom stereocenters. The van der Waals surface area contributed by atoms with Gasteiger partial charge in [0.2, 0.25) is 5.91 Å². The summed E-state index contributed by atoms with van der Waals surface area (Å²) in [6.07, 6.45) is -0.113. The second kappa shape index (κ2) is 4.79. The first-order valence-corrected chi connectivity index (χ1v) is 6.62. The average Bonchev–Trinajstić information content (AvgIpc) is 3.01. The van der Waals surface area contributed by atoms with E-state index in [-0.39, 0.29) is 18.9 Å². The number of hydrogen-bond acceptors (Lipinski definition) is 4. The Labute approximate surface area is 116 Å². The molecule has 6 heteroatoms. The molecule has 0 aliphatic carbocycles. The summed E-state index contributed by atoms with van der Waals surface area (Å²) in [5.74, 6) is -1.32. The quantitative estimate of drug-likeness (QED) is 0.711. The molecule has 0 bridgehead atoms. The third-order valence-corrected chi connectivity index (χ3v) is 3.92. The number of amides is 1. The molecule has 106 valence electrons. The number of hydrogen-bond donors (Lipinski definition) is 3. The smallest absolute Gasteiger partial charge is 0.326 e. The Morgan fingerprint density at radius 3 is 2.75 bits per heavy atom. The van der Waals surface area contributed by atoms with Gasteiger partial charge < -0.3 is 20.4 Å². The van der Waals surface area contributed by atoms with E-state index in [1.807, 2.05) is 24.3 Å². The van der Waals surface area contributed by atoms with Crippen LogP contribution in [0.25, 0.3) is 0 Å². The second-order valence-electron chi connectivity index (χ2n) is 5.29. The van der Waals surface area contributed by atoms with Gasteiger partial charge in [0.05, 0.1) is 6.10 Å². The molecule has 0 spiro atoms. The van der Waals surface area contributed by atoms with E-state index in [2.05, 4.69) is 5.32 Å². The lowest BCUT2D eigenvalue weighted by Gasteiger charge is -2.24. The fourth-order valence-electron chi connectivity index (χ4n) is 2.94. The van der Waals surface area contributed by atoms with Gasteiger partial charge in [-0.1, -0.05) is 18.2 Å². The maximum absolute atomic E-state index is 12.5. The number of aliphatic carboxylic acids is 1. The second-order valence-corrected chi connectivity index (χ2v) is 5.29. The summed E-state index contributed by atoms with van der Waals surface area (Å²) in [5.41, 5.74) is 1.97. The van der Waals surface area contributed by atoms with Gasteiger partial charge in [-0.2, -0.15) is 0 Å². The molecule has 3 rings (SSSR count). The number of carbonyl (C=O) groups is 2. The zero-order valence-corrected chi connectivity index (χ0v) is 10.8. The van der Waals surface area contributed by atoms with Crippen LogP contribution in [0.1, 0.15) is 12.0 Å². The molecule has 6 nitrogen and oxygen atoms in total. The minimum atomic E-state index is -1.06.